The number of nitrogens with zero attached hydrogens (tertiary/aromatic N) is 1. The highest BCUT2D eigenvalue weighted by Crippen LogP contribution is 2.39. The molecule has 4 rings (SSSR count). The number of benzene rings is 3. The standard InChI is InChI=1S/C23H21NO4/c1-26-19-12-13-20(22(14-19)27-15-17-8-4-2-5-9-17)21-16-28-23(25)24(21)18-10-6-3-7-11-18/h2-14,21H,15-16H2,1H3. The van der Waals surface area contributed by atoms with Crippen LogP contribution in [0, 0.1) is 0 Å². The molecule has 1 aliphatic rings. The van der Waals surface area contributed by atoms with Gasteiger partial charge in [-0.3, -0.25) is 4.90 Å². The van der Waals surface area contributed by atoms with E-state index in [4.69, 9.17) is 14.2 Å². The molecule has 1 fully saturated rings. The number of hydrogen-bond acceptors (Lipinski definition) is 4. The molecule has 0 saturated carbocycles. The molecule has 1 unspecified atom stereocenters. The van der Waals surface area contributed by atoms with E-state index < -0.39 is 0 Å². The first-order valence-corrected chi connectivity index (χ1v) is 9.12. The Labute approximate surface area is 164 Å². The van der Waals surface area contributed by atoms with Crippen LogP contribution in [-0.4, -0.2) is 19.8 Å². The van der Waals surface area contributed by atoms with Crippen molar-refractivity contribution >= 4 is 11.8 Å². The van der Waals surface area contributed by atoms with Crippen molar-refractivity contribution in [1.29, 1.82) is 0 Å². The molecule has 5 nitrogen and oxygen atoms in total. The maximum Gasteiger partial charge on any atom is 0.415 e. The molecule has 1 aliphatic heterocycles. The monoisotopic (exact) mass is 375 g/mol. The molecule has 0 aromatic heterocycles. The van der Waals surface area contributed by atoms with Gasteiger partial charge >= 0.3 is 6.09 Å². The zero-order valence-corrected chi connectivity index (χ0v) is 15.6. The molecule has 1 atom stereocenters. The number of hydrogen-bond donors (Lipinski definition) is 0. The maximum atomic E-state index is 12.4. The van der Waals surface area contributed by atoms with Gasteiger partial charge in [-0.05, 0) is 29.8 Å². The van der Waals surface area contributed by atoms with Gasteiger partial charge in [0.25, 0.3) is 0 Å². The number of anilines is 1. The highest BCUT2D eigenvalue weighted by atomic mass is 16.6. The van der Waals surface area contributed by atoms with Crippen molar-refractivity contribution in [2.24, 2.45) is 0 Å². The van der Waals surface area contributed by atoms with E-state index in [1.54, 1.807) is 12.0 Å². The summed E-state index contributed by atoms with van der Waals surface area (Å²) in [6.07, 6.45) is -0.360. The summed E-state index contributed by atoms with van der Waals surface area (Å²) in [5.41, 5.74) is 2.74. The number of amides is 1. The second kappa shape index (κ2) is 8.05. The number of ether oxygens (including phenoxy) is 3. The van der Waals surface area contributed by atoms with Gasteiger partial charge < -0.3 is 14.2 Å². The van der Waals surface area contributed by atoms with Gasteiger partial charge in [0.05, 0.1) is 7.11 Å². The van der Waals surface area contributed by atoms with E-state index >= 15 is 0 Å². The van der Waals surface area contributed by atoms with Crippen LogP contribution in [0.4, 0.5) is 10.5 Å². The number of cyclic esters (lactones) is 1. The van der Waals surface area contributed by atoms with Crippen molar-refractivity contribution < 1.29 is 19.0 Å². The Morgan fingerprint density at radius 2 is 1.71 bits per heavy atom. The van der Waals surface area contributed by atoms with E-state index in [1.807, 2.05) is 78.9 Å². The number of carbonyl (C=O) groups is 1. The van der Waals surface area contributed by atoms with Gasteiger partial charge in [-0.2, -0.15) is 0 Å². The van der Waals surface area contributed by atoms with Crippen LogP contribution in [0.15, 0.2) is 78.9 Å². The lowest BCUT2D eigenvalue weighted by Gasteiger charge is -2.24. The lowest BCUT2D eigenvalue weighted by atomic mass is 10.0. The zero-order valence-electron chi connectivity index (χ0n) is 15.6. The molecule has 0 spiro atoms. The topological polar surface area (TPSA) is 48.0 Å². The molecule has 1 amide bonds. The molecule has 3 aromatic rings. The minimum Gasteiger partial charge on any atom is -0.497 e. The molecular weight excluding hydrogens is 354 g/mol. The number of rotatable bonds is 6. The quantitative estimate of drug-likeness (QED) is 0.610. The first-order chi connectivity index (χ1) is 13.8. The molecule has 0 aliphatic carbocycles. The van der Waals surface area contributed by atoms with Crippen molar-refractivity contribution in [1.82, 2.24) is 0 Å². The largest absolute Gasteiger partial charge is 0.497 e. The van der Waals surface area contributed by atoms with E-state index in [-0.39, 0.29) is 18.7 Å². The number of carbonyl (C=O) groups excluding carboxylic acids is 1. The van der Waals surface area contributed by atoms with Crippen LogP contribution in [0.1, 0.15) is 17.2 Å². The van der Waals surface area contributed by atoms with E-state index in [1.165, 1.54) is 0 Å². The van der Waals surface area contributed by atoms with Gasteiger partial charge in [0, 0.05) is 17.3 Å². The fourth-order valence-corrected chi connectivity index (χ4v) is 3.30. The van der Waals surface area contributed by atoms with Crippen LogP contribution in [0.3, 0.4) is 0 Å². The Hall–Kier alpha value is -3.47. The third-order valence-electron chi connectivity index (χ3n) is 4.72. The van der Waals surface area contributed by atoms with Crippen LogP contribution >= 0.6 is 0 Å². The van der Waals surface area contributed by atoms with Crippen molar-refractivity contribution in [3.8, 4) is 11.5 Å². The van der Waals surface area contributed by atoms with Crippen molar-refractivity contribution in [3.05, 3.63) is 90.0 Å². The van der Waals surface area contributed by atoms with E-state index in [9.17, 15) is 4.79 Å². The third-order valence-corrected chi connectivity index (χ3v) is 4.72. The molecule has 142 valence electrons. The average molecular weight is 375 g/mol. The van der Waals surface area contributed by atoms with Gasteiger partial charge in [-0.1, -0.05) is 48.5 Å². The summed E-state index contributed by atoms with van der Waals surface area (Å²) in [5.74, 6) is 1.37. The predicted molar refractivity (Wildman–Crippen MR) is 107 cm³/mol. The summed E-state index contributed by atoms with van der Waals surface area (Å²) < 4.78 is 16.9. The highest BCUT2D eigenvalue weighted by Gasteiger charge is 2.37. The Kier molecular flexibility index (Phi) is 5.15. The molecule has 5 heteroatoms. The van der Waals surface area contributed by atoms with Gasteiger partial charge in [0.15, 0.2) is 0 Å². The van der Waals surface area contributed by atoms with Crippen molar-refractivity contribution in [3.63, 3.8) is 0 Å². The summed E-state index contributed by atoms with van der Waals surface area (Å²) in [6.45, 7) is 0.690. The normalized spacial score (nSPS) is 16.0. The predicted octanol–water partition coefficient (Wildman–Crippen LogP) is 4.97. The SMILES string of the molecule is COc1ccc(C2COC(=O)N2c2ccccc2)c(OCc2ccccc2)c1. The second-order valence-corrected chi connectivity index (χ2v) is 6.48. The Balaban J connectivity index is 1.67. The van der Waals surface area contributed by atoms with Crippen LogP contribution in [0.5, 0.6) is 11.5 Å². The minimum atomic E-state index is -0.360. The third kappa shape index (κ3) is 3.64. The van der Waals surface area contributed by atoms with Crippen LogP contribution in [0.2, 0.25) is 0 Å². The fraction of sp³-hybridized carbons (Fsp3) is 0.174. The molecule has 0 bridgehead atoms. The Morgan fingerprint density at radius 1 is 1.00 bits per heavy atom. The van der Waals surface area contributed by atoms with Crippen LogP contribution in [0.25, 0.3) is 0 Å². The first-order valence-electron chi connectivity index (χ1n) is 9.12. The molecule has 1 saturated heterocycles. The molecule has 28 heavy (non-hydrogen) atoms. The Morgan fingerprint density at radius 3 is 2.43 bits per heavy atom. The lowest BCUT2D eigenvalue weighted by Crippen LogP contribution is -2.27. The number of methoxy groups -OCH3 is 1. The zero-order chi connectivity index (χ0) is 19.3. The van der Waals surface area contributed by atoms with Crippen molar-refractivity contribution in [2.45, 2.75) is 12.6 Å². The van der Waals surface area contributed by atoms with Crippen LogP contribution in [-0.2, 0) is 11.3 Å². The van der Waals surface area contributed by atoms with Crippen molar-refractivity contribution in [2.75, 3.05) is 18.6 Å². The average Bonchev–Trinajstić information content (AvgIpc) is 3.14. The first kappa shape index (κ1) is 17.9. The summed E-state index contributed by atoms with van der Waals surface area (Å²) in [5, 5.41) is 0. The smallest absolute Gasteiger partial charge is 0.415 e. The summed E-state index contributed by atoms with van der Waals surface area (Å²) >= 11 is 0. The molecule has 0 N–H and O–H groups in total. The number of para-hydroxylation sites is 1. The van der Waals surface area contributed by atoms with E-state index in [2.05, 4.69) is 0 Å². The second-order valence-electron chi connectivity index (χ2n) is 6.48. The molecule has 3 aromatic carbocycles. The van der Waals surface area contributed by atoms with Gasteiger partial charge in [-0.25, -0.2) is 4.79 Å². The van der Waals surface area contributed by atoms with E-state index in [0.717, 1.165) is 16.8 Å². The summed E-state index contributed by atoms with van der Waals surface area (Å²) in [4.78, 5) is 14.1. The van der Waals surface area contributed by atoms with Gasteiger partial charge in [0.1, 0.15) is 30.8 Å². The van der Waals surface area contributed by atoms with Gasteiger partial charge in [-0.15, -0.1) is 0 Å². The molecule has 0 radical (unpaired) electrons. The Bertz CT molecular complexity index is 943. The molecular formula is C23H21NO4. The molecule has 1 heterocycles. The lowest BCUT2D eigenvalue weighted by molar-refractivity contribution is 0.178. The minimum absolute atomic E-state index is 0.266. The maximum absolute atomic E-state index is 12.4. The van der Waals surface area contributed by atoms with Crippen LogP contribution < -0.4 is 14.4 Å². The highest BCUT2D eigenvalue weighted by molar-refractivity contribution is 5.90. The van der Waals surface area contributed by atoms with E-state index in [0.29, 0.717) is 18.1 Å². The summed E-state index contributed by atoms with van der Waals surface area (Å²) in [6, 6.07) is 24.9. The summed E-state index contributed by atoms with van der Waals surface area (Å²) in [7, 11) is 1.62. The van der Waals surface area contributed by atoms with Gasteiger partial charge in [0.2, 0.25) is 0 Å². The fourth-order valence-electron chi connectivity index (χ4n) is 3.30.